The number of imide groups is 1. The van der Waals surface area contributed by atoms with Crippen molar-refractivity contribution in [3.8, 4) is 0 Å². The molecule has 132 valence electrons. The van der Waals surface area contributed by atoms with E-state index in [9.17, 15) is 18.8 Å². The van der Waals surface area contributed by atoms with Crippen LogP contribution in [0.2, 0.25) is 0 Å². The molecule has 0 radical (unpaired) electrons. The molecule has 1 saturated carbocycles. The summed E-state index contributed by atoms with van der Waals surface area (Å²) in [5.74, 6) is -1.56. The van der Waals surface area contributed by atoms with E-state index in [1.54, 1.807) is 36.4 Å². The van der Waals surface area contributed by atoms with Crippen LogP contribution < -0.4 is 5.32 Å². The summed E-state index contributed by atoms with van der Waals surface area (Å²) in [6.45, 7) is 0.104. The number of amides is 3. The highest BCUT2D eigenvalue weighted by atomic mass is 19.1. The molecule has 4 rings (SSSR count). The SMILES string of the molecule is O=C(CN1C(=O)c2ccccc2C1=O)NCC1(c2ccc(F)cc2)CC1. The van der Waals surface area contributed by atoms with Crippen LogP contribution in [0.3, 0.4) is 0 Å². The molecule has 5 nitrogen and oxygen atoms in total. The van der Waals surface area contributed by atoms with E-state index in [2.05, 4.69) is 5.32 Å². The van der Waals surface area contributed by atoms with Gasteiger partial charge in [-0.15, -0.1) is 0 Å². The molecule has 0 spiro atoms. The van der Waals surface area contributed by atoms with E-state index >= 15 is 0 Å². The van der Waals surface area contributed by atoms with Crippen LogP contribution in [-0.2, 0) is 10.2 Å². The second kappa shape index (κ2) is 6.05. The minimum atomic E-state index is -0.444. The molecule has 0 bridgehead atoms. The van der Waals surface area contributed by atoms with Gasteiger partial charge in [-0.1, -0.05) is 24.3 Å². The average Bonchev–Trinajstić information content (AvgIpc) is 3.41. The number of carbonyl (C=O) groups excluding carboxylic acids is 3. The zero-order valence-electron chi connectivity index (χ0n) is 14.0. The molecular weight excluding hydrogens is 335 g/mol. The van der Waals surface area contributed by atoms with E-state index in [1.807, 2.05) is 0 Å². The van der Waals surface area contributed by atoms with Crippen molar-refractivity contribution >= 4 is 17.7 Å². The molecule has 1 heterocycles. The smallest absolute Gasteiger partial charge is 0.262 e. The minimum absolute atomic E-state index is 0.175. The van der Waals surface area contributed by atoms with Gasteiger partial charge in [-0.3, -0.25) is 19.3 Å². The summed E-state index contributed by atoms with van der Waals surface area (Å²) in [5, 5.41) is 2.81. The Morgan fingerprint density at radius 1 is 1.00 bits per heavy atom. The summed E-state index contributed by atoms with van der Waals surface area (Å²) in [5.41, 5.74) is 1.47. The maximum atomic E-state index is 13.1. The van der Waals surface area contributed by atoms with Crippen LogP contribution >= 0.6 is 0 Å². The summed E-state index contributed by atoms with van der Waals surface area (Å²) in [4.78, 5) is 37.9. The fourth-order valence-corrected chi connectivity index (χ4v) is 3.37. The molecule has 0 saturated heterocycles. The maximum Gasteiger partial charge on any atom is 0.262 e. The Morgan fingerprint density at radius 2 is 1.58 bits per heavy atom. The van der Waals surface area contributed by atoms with E-state index in [0.717, 1.165) is 23.3 Å². The molecule has 1 aliphatic carbocycles. The van der Waals surface area contributed by atoms with Gasteiger partial charge in [-0.25, -0.2) is 4.39 Å². The number of hydrogen-bond donors (Lipinski definition) is 1. The Kier molecular flexibility index (Phi) is 3.83. The molecule has 2 aliphatic rings. The first-order valence-corrected chi connectivity index (χ1v) is 8.48. The Hall–Kier alpha value is -3.02. The van der Waals surface area contributed by atoms with Crippen LogP contribution in [0, 0.1) is 5.82 Å². The summed E-state index contributed by atoms with van der Waals surface area (Å²) < 4.78 is 13.1. The third kappa shape index (κ3) is 2.77. The number of rotatable bonds is 5. The standard InChI is InChI=1S/C20H17FN2O3/c21-14-7-5-13(6-8-14)20(9-10-20)12-22-17(24)11-23-18(25)15-3-1-2-4-16(15)19(23)26/h1-8H,9-12H2,(H,22,24). The number of fused-ring (bicyclic) bond motifs is 1. The maximum absolute atomic E-state index is 13.1. The number of nitrogens with zero attached hydrogens (tertiary/aromatic N) is 1. The van der Waals surface area contributed by atoms with E-state index in [4.69, 9.17) is 0 Å². The first-order chi connectivity index (χ1) is 12.5. The molecule has 0 unspecified atom stereocenters. The lowest BCUT2D eigenvalue weighted by molar-refractivity contribution is -0.121. The molecule has 0 aromatic heterocycles. The van der Waals surface area contributed by atoms with Crippen LogP contribution in [0.15, 0.2) is 48.5 Å². The van der Waals surface area contributed by atoms with Gasteiger partial charge in [0.15, 0.2) is 0 Å². The van der Waals surface area contributed by atoms with Crippen molar-refractivity contribution in [3.05, 3.63) is 71.0 Å². The van der Waals surface area contributed by atoms with Gasteiger partial charge >= 0.3 is 0 Å². The first-order valence-electron chi connectivity index (χ1n) is 8.48. The van der Waals surface area contributed by atoms with Gasteiger partial charge in [-0.2, -0.15) is 0 Å². The summed E-state index contributed by atoms with van der Waals surface area (Å²) in [6.07, 6.45) is 1.82. The molecular formula is C20H17FN2O3. The van der Waals surface area contributed by atoms with Crippen molar-refractivity contribution in [3.63, 3.8) is 0 Å². The highest BCUT2D eigenvalue weighted by Gasteiger charge is 2.44. The van der Waals surface area contributed by atoms with Crippen LogP contribution in [0.25, 0.3) is 0 Å². The Morgan fingerprint density at radius 3 is 2.12 bits per heavy atom. The van der Waals surface area contributed by atoms with Crippen molar-refractivity contribution < 1.29 is 18.8 Å². The highest BCUT2D eigenvalue weighted by molar-refractivity contribution is 6.22. The fourth-order valence-electron chi connectivity index (χ4n) is 3.37. The van der Waals surface area contributed by atoms with Gasteiger partial charge in [-0.05, 0) is 42.7 Å². The number of nitrogens with one attached hydrogen (secondary N) is 1. The van der Waals surface area contributed by atoms with E-state index in [1.165, 1.54) is 12.1 Å². The monoisotopic (exact) mass is 352 g/mol. The fraction of sp³-hybridized carbons (Fsp3) is 0.250. The molecule has 1 aliphatic heterocycles. The third-order valence-electron chi connectivity index (χ3n) is 5.11. The number of halogens is 1. The topological polar surface area (TPSA) is 66.5 Å². The summed E-state index contributed by atoms with van der Waals surface area (Å²) in [6, 6.07) is 12.8. The van der Waals surface area contributed by atoms with Crippen molar-refractivity contribution in [2.24, 2.45) is 0 Å². The Bertz CT molecular complexity index is 869. The average molecular weight is 352 g/mol. The molecule has 1 fully saturated rings. The lowest BCUT2D eigenvalue weighted by Crippen LogP contribution is -2.42. The van der Waals surface area contributed by atoms with Crippen molar-refractivity contribution in [1.82, 2.24) is 10.2 Å². The first kappa shape index (κ1) is 16.4. The predicted octanol–water partition coefficient (Wildman–Crippen LogP) is 2.27. The molecule has 2 aromatic carbocycles. The van der Waals surface area contributed by atoms with Crippen LogP contribution in [0.4, 0.5) is 4.39 Å². The van der Waals surface area contributed by atoms with E-state index in [-0.39, 0.29) is 23.7 Å². The molecule has 2 aromatic rings. The number of carbonyl (C=O) groups is 3. The highest BCUT2D eigenvalue weighted by Crippen LogP contribution is 2.47. The Labute approximate surface area is 149 Å². The van der Waals surface area contributed by atoms with E-state index in [0.29, 0.717) is 17.7 Å². The second-order valence-corrected chi connectivity index (χ2v) is 6.81. The van der Waals surface area contributed by atoms with Gasteiger partial charge in [0.05, 0.1) is 11.1 Å². The van der Waals surface area contributed by atoms with Crippen molar-refractivity contribution in [2.75, 3.05) is 13.1 Å². The lowest BCUT2D eigenvalue weighted by atomic mass is 9.96. The van der Waals surface area contributed by atoms with Gasteiger partial charge in [0.25, 0.3) is 11.8 Å². The van der Waals surface area contributed by atoms with Gasteiger partial charge in [0.2, 0.25) is 5.91 Å². The summed E-state index contributed by atoms with van der Waals surface area (Å²) in [7, 11) is 0. The second-order valence-electron chi connectivity index (χ2n) is 6.81. The summed E-state index contributed by atoms with van der Waals surface area (Å²) >= 11 is 0. The number of benzene rings is 2. The molecule has 0 atom stereocenters. The minimum Gasteiger partial charge on any atom is -0.354 e. The molecule has 1 N–H and O–H groups in total. The van der Waals surface area contributed by atoms with Crippen LogP contribution in [0.5, 0.6) is 0 Å². The molecule has 3 amide bonds. The zero-order valence-corrected chi connectivity index (χ0v) is 14.0. The predicted molar refractivity (Wildman–Crippen MR) is 92.1 cm³/mol. The Balaban J connectivity index is 1.39. The molecule has 6 heteroatoms. The zero-order chi connectivity index (χ0) is 18.3. The lowest BCUT2D eigenvalue weighted by Gasteiger charge is -2.18. The van der Waals surface area contributed by atoms with Crippen molar-refractivity contribution in [1.29, 1.82) is 0 Å². The van der Waals surface area contributed by atoms with Crippen LogP contribution in [0.1, 0.15) is 39.1 Å². The van der Waals surface area contributed by atoms with Gasteiger partial charge in [0, 0.05) is 12.0 Å². The quantitative estimate of drug-likeness (QED) is 0.840. The third-order valence-corrected chi connectivity index (χ3v) is 5.11. The normalized spacial score (nSPS) is 17.2. The van der Waals surface area contributed by atoms with Crippen LogP contribution in [-0.4, -0.2) is 35.7 Å². The molecule has 26 heavy (non-hydrogen) atoms. The van der Waals surface area contributed by atoms with E-state index < -0.39 is 11.8 Å². The van der Waals surface area contributed by atoms with Crippen molar-refractivity contribution in [2.45, 2.75) is 18.3 Å². The number of hydrogen-bond acceptors (Lipinski definition) is 3. The van der Waals surface area contributed by atoms with Gasteiger partial charge < -0.3 is 5.32 Å². The van der Waals surface area contributed by atoms with Gasteiger partial charge in [0.1, 0.15) is 12.4 Å². The largest absolute Gasteiger partial charge is 0.354 e.